The molecule has 100 valence electrons. The first kappa shape index (κ1) is 14.1. The molecule has 0 saturated heterocycles. The summed E-state index contributed by atoms with van der Waals surface area (Å²) in [6.45, 7) is 0.344. The van der Waals surface area contributed by atoms with Crippen molar-refractivity contribution in [1.82, 2.24) is 0 Å². The predicted molar refractivity (Wildman–Crippen MR) is 75.1 cm³/mol. The highest BCUT2D eigenvalue weighted by atomic mass is 35.5. The van der Waals surface area contributed by atoms with Crippen LogP contribution in [0.25, 0.3) is 0 Å². The molecule has 19 heavy (non-hydrogen) atoms. The van der Waals surface area contributed by atoms with Crippen LogP contribution in [0.2, 0.25) is 10.0 Å². The Morgan fingerprint density at radius 3 is 2.63 bits per heavy atom. The van der Waals surface area contributed by atoms with Gasteiger partial charge < -0.3 is 10.5 Å². The lowest BCUT2D eigenvalue weighted by molar-refractivity contribution is 0.297. The fourth-order valence-corrected chi connectivity index (χ4v) is 2.12. The van der Waals surface area contributed by atoms with Crippen molar-refractivity contribution in [2.45, 2.75) is 13.2 Å². The summed E-state index contributed by atoms with van der Waals surface area (Å²) in [6, 6.07) is 9.62. The monoisotopic (exact) mass is 299 g/mol. The number of para-hydroxylation sites is 1. The van der Waals surface area contributed by atoms with Gasteiger partial charge in [0.15, 0.2) is 0 Å². The summed E-state index contributed by atoms with van der Waals surface area (Å²) in [4.78, 5) is 0. The Kier molecular flexibility index (Phi) is 4.64. The molecule has 0 aromatic heterocycles. The number of ether oxygens (including phenoxy) is 1. The van der Waals surface area contributed by atoms with Crippen molar-refractivity contribution >= 4 is 23.2 Å². The molecule has 2 aromatic carbocycles. The third kappa shape index (κ3) is 3.38. The van der Waals surface area contributed by atoms with Gasteiger partial charge in [-0.1, -0.05) is 35.3 Å². The molecule has 2 rings (SSSR count). The second-order valence-electron chi connectivity index (χ2n) is 3.96. The lowest BCUT2D eigenvalue weighted by Crippen LogP contribution is -2.04. The zero-order valence-electron chi connectivity index (χ0n) is 10.00. The van der Waals surface area contributed by atoms with Crippen LogP contribution in [0.1, 0.15) is 11.1 Å². The van der Waals surface area contributed by atoms with E-state index in [1.54, 1.807) is 12.1 Å². The van der Waals surface area contributed by atoms with Gasteiger partial charge >= 0.3 is 0 Å². The zero-order chi connectivity index (χ0) is 13.8. The number of benzene rings is 2. The van der Waals surface area contributed by atoms with Gasteiger partial charge in [-0.05, 0) is 24.3 Å². The van der Waals surface area contributed by atoms with Crippen LogP contribution in [0.3, 0.4) is 0 Å². The van der Waals surface area contributed by atoms with Gasteiger partial charge in [-0.2, -0.15) is 0 Å². The predicted octanol–water partition coefficient (Wildman–Crippen LogP) is 4.17. The molecule has 0 fully saturated rings. The highest BCUT2D eigenvalue weighted by Crippen LogP contribution is 2.29. The van der Waals surface area contributed by atoms with Gasteiger partial charge in [0.1, 0.15) is 18.2 Å². The van der Waals surface area contributed by atoms with Gasteiger partial charge in [0.05, 0.1) is 5.02 Å². The maximum atomic E-state index is 13.6. The standard InChI is InChI=1S/C14H12Cl2FNO/c15-11-4-5-13(17)10(6-11)8-19-14-9(7-18)2-1-3-12(14)16/h1-6H,7-8,18H2. The number of rotatable bonds is 4. The van der Waals surface area contributed by atoms with E-state index in [9.17, 15) is 4.39 Å². The third-order valence-corrected chi connectivity index (χ3v) is 3.18. The molecule has 2 nitrogen and oxygen atoms in total. The molecule has 0 amide bonds. The minimum absolute atomic E-state index is 0.0448. The summed E-state index contributed by atoms with van der Waals surface area (Å²) in [7, 11) is 0. The molecular weight excluding hydrogens is 288 g/mol. The topological polar surface area (TPSA) is 35.2 Å². The molecule has 0 saturated carbocycles. The van der Waals surface area contributed by atoms with Crippen LogP contribution in [-0.2, 0) is 13.2 Å². The number of nitrogens with two attached hydrogens (primary N) is 1. The molecule has 0 atom stereocenters. The first-order valence-electron chi connectivity index (χ1n) is 5.66. The quantitative estimate of drug-likeness (QED) is 0.919. The van der Waals surface area contributed by atoms with Crippen LogP contribution in [0.15, 0.2) is 36.4 Å². The van der Waals surface area contributed by atoms with Crippen LogP contribution in [0.5, 0.6) is 5.75 Å². The van der Waals surface area contributed by atoms with Crippen LogP contribution in [0, 0.1) is 5.82 Å². The van der Waals surface area contributed by atoms with Crippen molar-refractivity contribution < 1.29 is 9.13 Å². The maximum absolute atomic E-state index is 13.6. The summed E-state index contributed by atoms with van der Waals surface area (Å²) in [5.74, 6) is 0.108. The lowest BCUT2D eigenvalue weighted by Gasteiger charge is -2.12. The number of halogens is 3. The molecule has 2 N–H and O–H groups in total. The first-order chi connectivity index (χ1) is 9.11. The Hall–Kier alpha value is -1.29. The van der Waals surface area contributed by atoms with E-state index >= 15 is 0 Å². The lowest BCUT2D eigenvalue weighted by atomic mass is 10.2. The van der Waals surface area contributed by atoms with E-state index in [4.69, 9.17) is 33.7 Å². The molecule has 5 heteroatoms. The minimum Gasteiger partial charge on any atom is -0.487 e. The average molecular weight is 300 g/mol. The molecule has 0 aliphatic carbocycles. The Balaban J connectivity index is 2.21. The van der Waals surface area contributed by atoms with Crippen LogP contribution >= 0.6 is 23.2 Å². The van der Waals surface area contributed by atoms with E-state index < -0.39 is 0 Å². The molecule has 0 radical (unpaired) electrons. The third-order valence-electron chi connectivity index (χ3n) is 2.65. The Morgan fingerprint density at radius 2 is 1.89 bits per heavy atom. The number of hydrogen-bond donors (Lipinski definition) is 1. The summed E-state index contributed by atoms with van der Waals surface area (Å²) >= 11 is 11.9. The van der Waals surface area contributed by atoms with Gasteiger partial charge in [-0.25, -0.2) is 4.39 Å². The summed E-state index contributed by atoms with van der Waals surface area (Å²) < 4.78 is 19.1. The zero-order valence-corrected chi connectivity index (χ0v) is 11.5. The largest absolute Gasteiger partial charge is 0.487 e. The molecule has 0 aliphatic rings. The molecule has 0 heterocycles. The molecule has 0 spiro atoms. The van der Waals surface area contributed by atoms with E-state index in [0.29, 0.717) is 27.9 Å². The molecule has 0 aliphatic heterocycles. The van der Waals surface area contributed by atoms with Crippen LogP contribution < -0.4 is 10.5 Å². The van der Waals surface area contributed by atoms with E-state index in [0.717, 1.165) is 5.56 Å². The summed E-state index contributed by atoms with van der Waals surface area (Å²) in [5, 5.41) is 0.906. The molecule has 0 unspecified atom stereocenters. The van der Waals surface area contributed by atoms with Crippen molar-refractivity contribution in [1.29, 1.82) is 0 Å². The van der Waals surface area contributed by atoms with Crippen LogP contribution in [-0.4, -0.2) is 0 Å². The van der Waals surface area contributed by atoms with E-state index in [-0.39, 0.29) is 12.4 Å². The molecule has 0 bridgehead atoms. The van der Waals surface area contributed by atoms with Gasteiger partial charge in [-0.3, -0.25) is 0 Å². The van der Waals surface area contributed by atoms with Gasteiger partial charge in [0, 0.05) is 22.7 Å². The van der Waals surface area contributed by atoms with Crippen molar-refractivity contribution in [3.8, 4) is 5.75 Å². The highest BCUT2D eigenvalue weighted by molar-refractivity contribution is 6.32. The average Bonchev–Trinajstić information content (AvgIpc) is 2.40. The molecular formula is C14H12Cl2FNO. The Bertz CT molecular complexity index is 590. The van der Waals surface area contributed by atoms with Crippen molar-refractivity contribution in [2.24, 2.45) is 5.73 Å². The first-order valence-corrected chi connectivity index (χ1v) is 6.41. The molecule has 2 aromatic rings. The van der Waals surface area contributed by atoms with Gasteiger partial charge in [0.2, 0.25) is 0 Å². The summed E-state index contributed by atoms with van der Waals surface area (Å²) in [6.07, 6.45) is 0. The van der Waals surface area contributed by atoms with Crippen molar-refractivity contribution in [3.63, 3.8) is 0 Å². The van der Waals surface area contributed by atoms with E-state index in [1.807, 2.05) is 6.07 Å². The van der Waals surface area contributed by atoms with Crippen molar-refractivity contribution in [2.75, 3.05) is 0 Å². The fourth-order valence-electron chi connectivity index (χ4n) is 1.68. The smallest absolute Gasteiger partial charge is 0.142 e. The SMILES string of the molecule is NCc1cccc(Cl)c1OCc1cc(Cl)ccc1F. The second kappa shape index (κ2) is 6.24. The van der Waals surface area contributed by atoms with Crippen LogP contribution in [0.4, 0.5) is 4.39 Å². The number of hydrogen-bond acceptors (Lipinski definition) is 2. The highest BCUT2D eigenvalue weighted by Gasteiger charge is 2.09. The van der Waals surface area contributed by atoms with Crippen molar-refractivity contribution in [3.05, 3.63) is 63.4 Å². The minimum atomic E-state index is -0.370. The second-order valence-corrected chi connectivity index (χ2v) is 4.80. The van der Waals surface area contributed by atoms with E-state index in [2.05, 4.69) is 0 Å². The summed E-state index contributed by atoms with van der Waals surface area (Å²) in [5.41, 5.74) is 6.75. The Morgan fingerprint density at radius 1 is 1.11 bits per heavy atom. The Labute approximate surface area is 120 Å². The fraction of sp³-hybridized carbons (Fsp3) is 0.143. The van der Waals surface area contributed by atoms with Gasteiger partial charge in [-0.15, -0.1) is 0 Å². The van der Waals surface area contributed by atoms with E-state index in [1.165, 1.54) is 18.2 Å². The normalized spacial score (nSPS) is 10.5. The van der Waals surface area contributed by atoms with Gasteiger partial charge in [0.25, 0.3) is 0 Å². The maximum Gasteiger partial charge on any atom is 0.142 e.